The van der Waals surface area contributed by atoms with E-state index in [1.165, 1.54) is 0 Å². The van der Waals surface area contributed by atoms with Crippen molar-refractivity contribution in [1.29, 1.82) is 0 Å². The molecule has 1 amide bonds. The Kier molecular flexibility index (Phi) is 5.30. The zero-order chi connectivity index (χ0) is 13.5. The van der Waals surface area contributed by atoms with Crippen molar-refractivity contribution in [2.75, 3.05) is 30.8 Å². The molecule has 1 aromatic rings. The third kappa shape index (κ3) is 4.16. The second kappa shape index (κ2) is 6.74. The molecule has 0 heterocycles. The summed E-state index contributed by atoms with van der Waals surface area (Å²) in [4.78, 5) is 13.0. The number of hydrogen-bond donors (Lipinski definition) is 2. The number of nitrogens with two attached hydrogens (primary N) is 2. The third-order valence-corrected chi connectivity index (χ3v) is 2.64. The summed E-state index contributed by atoms with van der Waals surface area (Å²) < 4.78 is 5.17. The first-order valence-electron chi connectivity index (χ1n) is 6.04. The molecular weight excluding hydrogens is 230 g/mol. The van der Waals surface area contributed by atoms with Crippen molar-refractivity contribution in [3.05, 3.63) is 18.2 Å². The van der Waals surface area contributed by atoms with E-state index in [0.717, 1.165) is 25.1 Å². The molecule has 0 saturated heterocycles. The van der Waals surface area contributed by atoms with Crippen molar-refractivity contribution >= 4 is 17.3 Å². The minimum absolute atomic E-state index is 0.187. The van der Waals surface area contributed by atoms with E-state index < -0.39 is 0 Å². The molecule has 1 aromatic carbocycles. The molecule has 0 bridgehead atoms. The molecule has 100 valence electrons. The lowest BCUT2D eigenvalue weighted by atomic mass is 10.2. The first-order valence-corrected chi connectivity index (χ1v) is 6.04. The number of nitrogen functional groups attached to an aromatic ring is 1. The molecule has 0 spiro atoms. The summed E-state index contributed by atoms with van der Waals surface area (Å²) in [7, 11) is 1.59. The number of unbranched alkanes of at least 4 members (excludes halogenated alkanes) is 1. The van der Waals surface area contributed by atoms with Crippen LogP contribution in [0.2, 0.25) is 0 Å². The fraction of sp³-hybridized carbons (Fsp3) is 0.462. The maximum Gasteiger partial charge on any atom is 0.236 e. The third-order valence-electron chi connectivity index (χ3n) is 2.64. The van der Waals surface area contributed by atoms with E-state index in [-0.39, 0.29) is 12.5 Å². The van der Waals surface area contributed by atoms with Gasteiger partial charge in [-0.3, -0.25) is 4.79 Å². The van der Waals surface area contributed by atoms with E-state index in [9.17, 15) is 4.79 Å². The van der Waals surface area contributed by atoms with Gasteiger partial charge in [-0.1, -0.05) is 13.3 Å². The zero-order valence-electron chi connectivity index (χ0n) is 11.0. The zero-order valence-corrected chi connectivity index (χ0v) is 11.0. The number of nitrogens with zero attached hydrogens (tertiary/aromatic N) is 1. The van der Waals surface area contributed by atoms with Crippen molar-refractivity contribution in [2.45, 2.75) is 19.8 Å². The Bertz CT molecular complexity index is 407. The molecule has 0 aliphatic carbocycles. The van der Waals surface area contributed by atoms with Gasteiger partial charge in [0.1, 0.15) is 5.75 Å². The first kappa shape index (κ1) is 14.2. The van der Waals surface area contributed by atoms with Gasteiger partial charge in [0.25, 0.3) is 0 Å². The van der Waals surface area contributed by atoms with Crippen LogP contribution in [0.25, 0.3) is 0 Å². The smallest absolute Gasteiger partial charge is 0.236 e. The number of carbonyl (C=O) groups is 1. The Morgan fingerprint density at radius 1 is 1.39 bits per heavy atom. The van der Waals surface area contributed by atoms with Crippen molar-refractivity contribution in [2.24, 2.45) is 5.73 Å². The molecule has 0 aromatic heterocycles. The van der Waals surface area contributed by atoms with Crippen LogP contribution in [0.1, 0.15) is 19.8 Å². The molecule has 5 heteroatoms. The summed E-state index contributed by atoms with van der Waals surface area (Å²) in [6.07, 6.45) is 2.04. The average Bonchev–Trinajstić information content (AvgIpc) is 2.33. The quantitative estimate of drug-likeness (QED) is 0.717. The Morgan fingerprint density at radius 2 is 2.11 bits per heavy atom. The van der Waals surface area contributed by atoms with Crippen LogP contribution in [-0.4, -0.2) is 26.1 Å². The highest BCUT2D eigenvalue weighted by Crippen LogP contribution is 2.25. The molecular formula is C13H21N3O2. The van der Waals surface area contributed by atoms with Crippen LogP contribution in [0, 0.1) is 0 Å². The van der Waals surface area contributed by atoms with Gasteiger partial charge in [-0.25, -0.2) is 0 Å². The van der Waals surface area contributed by atoms with Crippen LogP contribution in [-0.2, 0) is 4.79 Å². The van der Waals surface area contributed by atoms with Gasteiger partial charge < -0.3 is 21.1 Å². The molecule has 0 saturated carbocycles. The van der Waals surface area contributed by atoms with Gasteiger partial charge in [0.2, 0.25) is 5.91 Å². The van der Waals surface area contributed by atoms with Crippen LogP contribution in [0.5, 0.6) is 5.75 Å². The van der Waals surface area contributed by atoms with Crippen LogP contribution < -0.4 is 21.1 Å². The number of carbonyl (C=O) groups excluding carboxylic acids is 1. The molecule has 18 heavy (non-hydrogen) atoms. The Hall–Kier alpha value is -1.91. The second-order valence-electron chi connectivity index (χ2n) is 4.21. The first-order chi connectivity index (χ1) is 8.56. The summed E-state index contributed by atoms with van der Waals surface area (Å²) in [5.41, 5.74) is 12.5. The lowest BCUT2D eigenvalue weighted by Crippen LogP contribution is -2.34. The van der Waals surface area contributed by atoms with Crippen LogP contribution in [0.3, 0.4) is 0 Å². The average molecular weight is 251 g/mol. The Morgan fingerprint density at radius 3 is 2.67 bits per heavy atom. The summed E-state index contributed by atoms with van der Waals surface area (Å²) >= 11 is 0. The van der Waals surface area contributed by atoms with Crippen LogP contribution in [0.4, 0.5) is 11.4 Å². The summed E-state index contributed by atoms with van der Waals surface area (Å²) in [5.74, 6) is 0.323. The number of rotatable bonds is 7. The van der Waals surface area contributed by atoms with Gasteiger partial charge in [-0.05, 0) is 12.5 Å². The molecule has 0 radical (unpaired) electrons. The second-order valence-corrected chi connectivity index (χ2v) is 4.21. The monoisotopic (exact) mass is 251 g/mol. The van der Waals surface area contributed by atoms with Gasteiger partial charge in [-0.15, -0.1) is 0 Å². The largest absolute Gasteiger partial charge is 0.497 e. The fourth-order valence-electron chi connectivity index (χ4n) is 1.74. The lowest BCUT2D eigenvalue weighted by molar-refractivity contribution is -0.116. The van der Waals surface area contributed by atoms with Gasteiger partial charge >= 0.3 is 0 Å². The van der Waals surface area contributed by atoms with E-state index in [0.29, 0.717) is 11.4 Å². The highest BCUT2D eigenvalue weighted by atomic mass is 16.5. The van der Waals surface area contributed by atoms with Crippen molar-refractivity contribution < 1.29 is 9.53 Å². The van der Waals surface area contributed by atoms with Gasteiger partial charge in [-0.2, -0.15) is 0 Å². The van der Waals surface area contributed by atoms with Gasteiger partial charge in [0, 0.05) is 30.1 Å². The Labute approximate surface area is 108 Å². The van der Waals surface area contributed by atoms with Gasteiger partial charge in [0.15, 0.2) is 0 Å². The molecule has 5 nitrogen and oxygen atoms in total. The highest BCUT2D eigenvalue weighted by Gasteiger charge is 2.11. The van der Waals surface area contributed by atoms with E-state index in [1.807, 2.05) is 17.0 Å². The van der Waals surface area contributed by atoms with E-state index in [2.05, 4.69) is 6.92 Å². The van der Waals surface area contributed by atoms with Crippen molar-refractivity contribution in [3.63, 3.8) is 0 Å². The molecule has 0 aliphatic heterocycles. The normalized spacial score (nSPS) is 10.1. The minimum Gasteiger partial charge on any atom is -0.497 e. The van der Waals surface area contributed by atoms with Crippen LogP contribution >= 0.6 is 0 Å². The number of primary amides is 1. The molecule has 4 N–H and O–H groups in total. The summed E-state index contributed by atoms with van der Waals surface area (Å²) in [6, 6.07) is 5.42. The topological polar surface area (TPSA) is 81.6 Å². The molecule has 0 fully saturated rings. The number of ether oxygens (including phenoxy) is 1. The number of benzene rings is 1. The maximum atomic E-state index is 11.1. The number of methoxy groups -OCH3 is 1. The van der Waals surface area contributed by atoms with E-state index in [1.54, 1.807) is 13.2 Å². The maximum absolute atomic E-state index is 11.1. The lowest BCUT2D eigenvalue weighted by Gasteiger charge is -2.24. The molecule has 0 atom stereocenters. The van der Waals surface area contributed by atoms with Crippen LogP contribution in [0.15, 0.2) is 18.2 Å². The predicted octanol–water partition coefficient (Wildman–Crippen LogP) is 1.37. The molecule has 1 rings (SSSR count). The van der Waals surface area contributed by atoms with Crippen molar-refractivity contribution in [1.82, 2.24) is 0 Å². The van der Waals surface area contributed by atoms with Gasteiger partial charge in [0.05, 0.1) is 13.7 Å². The fourth-order valence-corrected chi connectivity index (χ4v) is 1.74. The number of hydrogen-bond acceptors (Lipinski definition) is 4. The summed E-state index contributed by atoms with van der Waals surface area (Å²) in [5, 5.41) is 0. The van der Waals surface area contributed by atoms with E-state index >= 15 is 0 Å². The highest BCUT2D eigenvalue weighted by molar-refractivity contribution is 5.80. The number of amides is 1. The Balaban J connectivity index is 2.95. The summed E-state index contributed by atoms with van der Waals surface area (Å²) in [6.45, 7) is 3.06. The number of anilines is 2. The van der Waals surface area contributed by atoms with Crippen molar-refractivity contribution in [3.8, 4) is 5.75 Å². The molecule has 0 unspecified atom stereocenters. The standard InChI is InChI=1S/C13H21N3O2/c1-3-4-5-16(9-13(15)17)11-6-10(14)7-12(8-11)18-2/h6-8H,3-5,9,14H2,1-2H3,(H2,15,17). The molecule has 0 aliphatic rings. The minimum atomic E-state index is -0.354. The SMILES string of the molecule is CCCCN(CC(N)=O)c1cc(N)cc(OC)c1. The predicted molar refractivity (Wildman–Crippen MR) is 73.7 cm³/mol. The van der Waals surface area contributed by atoms with E-state index in [4.69, 9.17) is 16.2 Å².